The van der Waals surface area contributed by atoms with Crippen LogP contribution in [0.15, 0.2) is 22.8 Å². The van der Waals surface area contributed by atoms with Crippen molar-refractivity contribution in [3.63, 3.8) is 0 Å². The maximum atomic E-state index is 9.94. The van der Waals surface area contributed by atoms with Crippen LogP contribution < -0.4 is 0 Å². The van der Waals surface area contributed by atoms with Crippen molar-refractivity contribution in [3.8, 4) is 0 Å². The lowest BCUT2D eigenvalue weighted by Crippen LogP contribution is -2.48. The summed E-state index contributed by atoms with van der Waals surface area (Å²) in [5.41, 5.74) is 0. The molecule has 108 valence electrons. The molecule has 5 nitrogen and oxygen atoms in total. The number of furan rings is 1. The van der Waals surface area contributed by atoms with E-state index in [1.54, 1.807) is 6.26 Å². The molecule has 2 rings (SSSR count). The summed E-state index contributed by atoms with van der Waals surface area (Å²) in [6, 6.07) is 3.71. The zero-order chi connectivity index (χ0) is 13.5. The van der Waals surface area contributed by atoms with Gasteiger partial charge in [0.25, 0.3) is 0 Å². The van der Waals surface area contributed by atoms with Crippen LogP contribution in [0.2, 0.25) is 0 Å². The van der Waals surface area contributed by atoms with Gasteiger partial charge in [-0.3, -0.25) is 4.90 Å². The van der Waals surface area contributed by atoms with E-state index in [0.717, 1.165) is 38.5 Å². The van der Waals surface area contributed by atoms with Crippen LogP contribution >= 0.6 is 0 Å². The van der Waals surface area contributed by atoms with Crippen LogP contribution in [0.5, 0.6) is 0 Å². The lowest BCUT2D eigenvalue weighted by Gasteiger charge is -2.34. The van der Waals surface area contributed by atoms with Gasteiger partial charge in [0.05, 0.1) is 19.0 Å². The van der Waals surface area contributed by atoms with E-state index in [0.29, 0.717) is 19.8 Å². The molecule has 1 N–H and O–H groups in total. The summed E-state index contributed by atoms with van der Waals surface area (Å²) in [6.07, 6.45) is 1.20. The maximum Gasteiger partial charge on any atom is 0.129 e. The third-order valence-corrected chi connectivity index (χ3v) is 3.52. The van der Waals surface area contributed by atoms with Gasteiger partial charge in [0.2, 0.25) is 0 Å². The average molecular weight is 268 g/mol. The van der Waals surface area contributed by atoms with Crippen LogP contribution in [0.4, 0.5) is 0 Å². The average Bonchev–Trinajstić information content (AvgIpc) is 2.93. The summed E-state index contributed by atoms with van der Waals surface area (Å²) >= 11 is 0. The predicted molar refractivity (Wildman–Crippen MR) is 72.9 cm³/mol. The van der Waals surface area contributed by atoms with Crippen molar-refractivity contribution in [1.29, 1.82) is 0 Å². The Hall–Kier alpha value is -0.880. The Morgan fingerprint density at radius 2 is 2.05 bits per heavy atom. The Balaban J connectivity index is 1.58. The molecule has 1 aromatic heterocycles. The van der Waals surface area contributed by atoms with Crippen molar-refractivity contribution in [3.05, 3.63) is 24.2 Å². The van der Waals surface area contributed by atoms with Crippen molar-refractivity contribution in [2.45, 2.75) is 19.6 Å². The second-order valence-corrected chi connectivity index (χ2v) is 4.98. The molecule has 0 amide bonds. The molecule has 1 fully saturated rings. The number of ether oxygens (including phenoxy) is 1. The first-order valence-electron chi connectivity index (χ1n) is 7.01. The maximum absolute atomic E-state index is 9.94. The summed E-state index contributed by atoms with van der Waals surface area (Å²) in [7, 11) is 0. The van der Waals surface area contributed by atoms with Gasteiger partial charge in [0.15, 0.2) is 0 Å². The Kier molecular flexibility index (Phi) is 5.85. The minimum absolute atomic E-state index is 0.356. The molecule has 1 unspecified atom stereocenters. The van der Waals surface area contributed by atoms with Gasteiger partial charge < -0.3 is 19.2 Å². The highest BCUT2D eigenvalue weighted by molar-refractivity contribution is 4.96. The molecule has 0 aliphatic carbocycles. The second kappa shape index (κ2) is 7.65. The molecule has 0 spiro atoms. The predicted octanol–water partition coefficient (Wildman–Crippen LogP) is 0.795. The molecule has 1 aliphatic rings. The van der Waals surface area contributed by atoms with Gasteiger partial charge in [0, 0.05) is 32.7 Å². The van der Waals surface area contributed by atoms with Crippen molar-refractivity contribution < 1.29 is 14.3 Å². The summed E-state index contributed by atoms with van der Waals surface area (Å²) in [5, 5.41) is 9.94. The number of piperazine rings is 1. The number of aliphatic hydroxyl groups is 1. The van der Waals surface area contributed by atoms with Crippen molar-refractivity contribution in [1.82, 2.24) is 9.80 Å². The van der Waals surface area contributed by atoms with Crippen LogP contribution in [-0.2, 0) is 11.3 Å². The smallest absolute Gasteiger partial charge is 0.129 e. The molecule has 0 saturated carbocycles. The molecule has 0 bridgehead atoms. The number of aliphatic hydroxyl groups excluding tert-OH is 1. The first kappa shape index (κ1) is 14.5. The molecule has 2 heterocycles. The van der Waals surface area contributed by atoms with E-state index in [9.17, 15) is 5.11 Å². The van der Waals surface area contributed by atoms with E-state index in [-0.39, 0.29) is 0 Å². The highest BCUT2D eigenvalue weighted by atomic mass is 16.5. The topological polar surface area (TPSA) is 49.1 Å². The SMILES string of the molecule is CCN1CCN(CC(O)COCc2ccco2)CC1. The van der Waals surface area contributed by atoms with Gasteiger partial charge in [-0.1, -0.05) is 6.92 Å². The zero-order valence-corrected chi connectivity index (χ0v) is 11.6. The molecular formula is C14H24N2O3. The lowest BCUT2D eigenvalue weighted by molar-refractivity contribution is -0.00227. The molecule has 19 heavy (non-hydrogen) atoms. The molecule has 5 heteroatoms. The standard InChI is InChI=1S/C14H24N2O3/c1-2-15-5-7-16(8-6-15)10-13(17)11-18-12-14-4-3-9-19-14/h3-4,9,13,17H,2,5-8,10-12H2,1H3. The molecule has 0 radical (unpaired) electrons. The van der Waals surface area contributed by atoms with Gasteiger partial charge >= 0.3 is 0 Å². The fraction of sp³-hybridized carbons (Fsp3) is 0.714. The molecule has 1 aliphatic heterocycles. The number of likely N-dealkylation sites (N-methyl/N-ethyl adjacent to an activating group) is 1. The summed E-state index contributed by atoms with van der Waals surface area (Å²) in [5.74, 6) is 0.795. The zero-order valence-electron chi connectivity index (χ0n) is 11.6. The molecule has 1 saturated heterocycles. The first-order valence-corrected chi connectivity index (χ1v) is 7.01. The van der Waals surface area contributed by atoms with Gasteiger partial charge in [-0.25, -0.2) is 0 Å². The van der Waals surface area contributed by atoms with Crippen LogP contribution in [0.3, 0.4) is 0 Å². The quantitative estimate of drug-likeness (QED) is 0.792. The number of hydrogen-bond acceptors (Lipinski definition) is 5. The minimum atomic E-state index is -0.428. The fourth-order valence-corrected chi connectivity index (χ4v) is 2.33. The van der Waals surface area contributed by atoms with Crippen molar-refractivity contribution >= 4 is 0 Å². The van der Waals surface area contributed by atoms with Crippen molar-refractivity contribution in [2.24, 2.45) is 0 Å². The Morgan fingerprint density at radius 3 is 2.68 bits per heavy atom. The first-order chi connectivity index (χ1) is 9.28. The van der Waals surface area contributed by atoms with Gasteiger partial charge in [0.1, 0.15) is 12.4 Å². The number of β-amino-alcohol motifs (C(OH)–C–C–N with tert-alkyl or cyclic N) is 1. The normalized spacial score (nSPS) is 19.7. The van der Waals surface area contributed by atoms with E-state index < -0.39 is 6.10 Å². The minimum Gasteiger partial charge on any atom is -0.467 e. The summed E-state index contributed by atoms with van der Waals surface area (Å²) in [4.78, 5) is 4.73. The number of rotatable bonds is 7. The fourth-order valence-electron chi connectivity index (χ4n) is 2.33. The Bertz CT molecular complexity index is 334. The van der Waals surface area contributed by atoms with E-state index in [4.69, 9.17) is 9.15 Å². The third kappa shape index (κ3) is 4.95. The third-order valence-electron chi connectivity index (χ3n) is 3.52. The highest BCUT2D eigenvalue weighted by Crippen LogP contribution is 2.05. The monoisotopic (exact) mass is 268 g/mol. The van der Waals surface area contributed by atoms with Crippen LogP contribution in [0.25, 0.3) is 0 Å². The van der Waals surface area contributed by atoms with E-state index >= 15 is 0 Å². The lowest BCUT2D eigenvalue weighted by atomic mass is 10.2. The van der Waals surface area contributed by atoms with Gasteiger partial charge in [-0.15, -0.1) is 0 Å². The molecular weight excluding hydrogens is 244 g/mol. The van der Waals surface area contributed by atoms with E-state index in [1.165, 1.54) is 0 Å². The molecule has 1 aromatic rings. The van der Waals surface area contributed by atoms with Crippen LogP contribution in [0.1, 0.15) is 12.7 Å². The second-order valence-electron chi connectivity index (χ2n) is 4.98. The van der Waals surface area contributed by atoms with E-state index in [2.05, 4.69) is 16.7 Å². The Labute approximate surface area is 114 Å². The highest BCUT2D eigenvalue weighted by Gasteiger charge is 2.18. The van der Waals surface area contributed by atoms with E-state index in [1.807, 2.05) is 12.1 Å². The summed E-state index contributed by atoms with van der Waals surface area (Å²) < 4.78 is 10.6. The summed E-state index contributed by atoms with van der Waals surface area (Å²) in [6.45, 7) is 9.02. The van der Waals surface area contributed by atoms with Gasteiger partial charge in [-0.05, 0) is 18.7 Å². The molecule has 1 atom stereocenters. The van der Waals surface area contributed by atoms with Crippen LogP contribution in [0, 0.1) is 0 Å². The van der Waals surface area contributed by atoms with Crippen LogP contribution in [-0.4, -0.2) is 66.9 Å². The Morgan fingerprint density at radius 1 is 1.32 bits per heavy atom. The number of nitrogens with zero attached hydrogens (tertiary/aromatic N) is 2. The number of hydrogen-bond donors (Lipinski definition) is 1. The van der Waals surface area contributed by atoms with Gasteiger partial charge in [-0.2, -0.15) is 0 Å². The largest absolute Gasteiger partial charge is 0.467 e. The van der Waals surface area contributed by atoms with Crippen molar-refractivity contribution in [2.75, 3.05) is 45.9 Å². The molecule has 0 aromatic carbocycles.